The van der Waals surface area contributed by atoms with Gasteiger partial charge in [0.15, 0.2) is 5.78 Å². The second kappa shape index (κ2) is 7.86. The number of ketones is 2. The number of fused-ring (bicyclic) bond motifs is 5. The van der Waals surface area contributed by atoms with Gasteiger partial charge in [0.1, 0.15) is 11.9 Å². The van der Waals surface area contributed by atoms with Crippen molar-refractivity contribution in [2.75, 3.05) is 0 Å². The molecule has 1 N–H and O–H groups in total. The van der Waals surface area contributed by atoms with Gasteiger partial charge in [0.2, 0.25) is 0 Å². The van der Waals surface area contributed by atoms with E-state index in [-0.39, 0.29) is 53.2 Å². The highest BCUT2D eigenvalue weighted by molar-refractivity contribution is 5.91. The fraction of sp³-hybridized carbons (Fsp3) is 0.760. The van der Waals surface area contributed by atoms with Gasteiger partial charge in [-0.2, -0.15) is 0 Å². The van der Waals surface area contributed by atoms with Crippen molar-refractivity contribution in [3.05, 3.63) is 11.6 Å². The molecule has 0 heterocycles. The number of ether oxygens (including phenoxy) is 1. The van der Waals surface area contributed by atoms with Gasteiger partial charge in [0.25, 0.3) is 0 Å². The molecular formula is C25H34O6. The van der Waals surface area contributed by atoms with Gasteiger partial charge < -0.3 is 9.84 Å². The predicted molar refractivity (Wildman–Crippen MR) is 113 cm³/mol. The van der Waals surface area contributed by atoms with Gasteiger partial charge in [-0.1, -0.05) is 19.4 Å². The van der Waals surface area contributed by atoms with Crippen LogP contribution in [-0.2, 0) is 23.9 Å². The van der Waals surface area contributed by atoms with Crippen molar-refractivity contribution in [2.24, 2.45) is 34.5 Å². The summed E-state index contributed by atoms with van der Waals surface area (Å²) in [4.78, 5) is 48.1. The first kappa shape index (κ1) is 22.2. The van der Waals surface area contributed by atoms with E-state index in [0.29, 0.717) is 24.7 Å². The highest BCUT2D eigenvalue weighted by atomic mass is 16.5. The number of carbonyl (C=O) groups excluding carboxylic acids is 3. The molecule has 3 fully saturated rings. The zero-order valence-corrected chi connectivity index (χ0v) is 18.8. The largest absolute Gasteiger partial charge is 0.481 e. The van der Waals surface area contributed by atoms with Crippen LogP contribution in [0.4, 0.5) is 0 Å². The summed E-state index contributed by atoms with van der Waals surface area (Å²) in [6.07, 6.45) is 6.75. The summed E-state index contributed by atoms with van der Waals surface area (Å²) < 4.78 is 6.03. The molecule has 31 heavy (non-hydrogen) atoms. The number of hydrogen-bond donors (Lipinski definition) is 1. The maximum absolute atomic E-state index is 12.6. The van der Waals surface area contributed by atoms with Gasteiger partial charge in [0, 0.05) is 18.3 Å². The molecule has 0 aromatic rings. The van der Waals surface area contributed by atoms with Gasteiger partial charge in [0.05, 0.1) is 12.8 Å². The van der Waals surface area contributed by atoms with E-state index in [1.807, 2.05) is 6.08 Å². The first-order valence-corrected chi connectivity index (χ1v) is 11.7. The van der Waals surface area contributed by atoms with Crippen molar-refractivity contribution in [1.82, 2.24) is 0 Å². The quantitative estimate of drug-likeness (QED) is 0.659. The van der Waals surface area contributed by atoms with E-state index >= 15 is 0 Å². The third kappa shape index (κ3) is 3.66. The molecule has 6 heteroatoms. The van der Waals surface area contributed by atoms with E-state index in [9.17, 15) is 19.2 Å². The summed E-state index contributed by atoms with van der Waals surface area (Å²) >= 11 is 0. The van der Waals surface area contributed by atoms with Gasteiger partial charge in [-0.3, -0.25) is 19.2 Å². The zero-order chi connectivity index (χ0) is 22.6. The lowest BCUT2D eigenvalue weighted by atomic mass is 9.46. The van der Waals surface area contributed by atoms with E-state index in [0.717, 1.165) is 32.1 Å². The van der Waals surface area contributed by atoms with Crippen molar-refractivity contribution in [2.45, 2.75) is 84.7 Å². The highest BCUT2D eigenvalue weighted by Crippen LogP contribution is 2.67. The topological polar surface area (TPSA) is 97.7 Å². The van der Waals surface area contributed by atoms with E-state index in [1.54, 1.807) is 6.92 Å². The van der Waals surface area contributed by atoms with Crippen LogP contribution < -0.4 is 0 Å². The normalized spacial score (nSPS) is 41.5. The summed E-state index contributed by atoms with van der Waals surface area (Å²) in [7, 11) is 0. The SMILES string of the molecule is CC(=O)C1CCC2C3CCC4=CC(=O)CC[C@]4(C)C3C(OC(=O)CCC(=O)O)C[C@]12C. The van der Waals surface area contributed by atoms with Crippen LogP contribution >= 0.6 is 0 Å². The first-order valence-electron chi connectivity index (χ1n) is 11.7. The van der Waals surface area contributed by atoms with Gasteiger partial charge in [-0.05, 0) is 74.2 Å². The maximum atomic E-state index is 12.6. The minimum absolute atomic E-state index is 0.0173. The maximum Gasteiger partial charge on any atom is 0.306 e. The Labute approximate surface area is 183 Å². The fourth-order valence-corrected chi connectivity index (χ4v) is 7.87. The Kier molecular flexibility index (Phi) is 5.63. The molecule has 0 aromatic carbocycles. The Balaban J connectivity index is 1.70. The molecule has 0 bridgehead atoms. The van der Waals surface area contributed by atoms with Crippen molar-refractivity contribution >= 4 is 23.5 Å². The number of carboxylic acid groups (broad SMARTS) is 1. The second-order valence-electron chi connectivity index (χ2n) is 10.8. The number of esters is 1. The fourth-order valence-electron chi connectivity index (χ4n) is 7.87. The average molecular weight is 431 g/mol. The Bertz CT molecular complexity index is 843. The Morgan fingerprint density at radius 2 is 1.87 bits per heavy atom. The van der Waals surface area contributed by atoms with Crippen LogP contribution in [0.15, 0.2) is 11.6 Å². The lowest BCUT2D eigenvalue weighted by Crippen LogP contribution is -2.58. The van der Waals surface area contributed by atoms with Crippen LogP contribution in [0.1, 0.15) is 78.6 Å². The standard InChI is InChI=1S/C25H34O6/c1-14(26)18-6-7-19-17-5-4-15-12-16(27)10-11-24(15,2)23(17)20(13-25(18,19)3)31-22(30)9-8-21(28)29/h12,17-20,23H,4-11,13H2,1-3H3,(H,28,29)/t17?,18?,19?,20?,23?,24-,25+/m0/s1. The van der Waals surface area contributed by atoms with Gasteiger partial charge in [-0.25, -0.2) is 0 Å². The molecule has 4 aliphatic carbocycles. The summed E-state index contributed by atoms with van der Waals surface area (Å²) in [6.45, 7) is 6.09. The average Bonchev–Trinajstić information content (AvgIpc) is 3.03. The summed E-state index contributed by atoms with van der Waals surface area (Å²) in [6, 6.07) is 0. The minimum Gasteiger partial charge on any atom is -0.481 e. The number of hydrogen-bond acceptors (Lipinski definition) is 5. The van der Waals surface area contributed by atoms with Crippen molar-refractivity contribution in [3.63, 3.8) is 0 Å². The van der Waals surface area contributed by atoms with Crippen LogP contribution in [-0.4, -0.2) is 34.7 Å². The Morgan fingerprint density at radius 3 is 2.55 bits per heavy atom. The Hall–Kier alpha value is -1.98. The van der Waals surface area contributed by atoms with E-state index in [1.165, 1.54) is 5.57 Å². The first-order chi connectivity index (χ1) is 14.6. The second-order valence-corrected chi connectivity index (χ2v) is 10.8. The molecule has 5 unspecified atom stereocenters. The van der Waals surface area contributed by atoms with E-state index < -0.39 is 11.9 Å². The number of allylic oxidation sites excluding steroid dienone is 1. The minimum atomic E-state index is -1.02. The van der Waals surface area contributed by atoms with Crippen LogP contribution in [0.3, 0.4) is 0 Å². The number of rotatable bonds is 5. The molecule has 3 saturated carbocycles. The molecule has 4 rings (SSSR count). The zero-order valence-electron chi connectivity index (χ0n) is 18.8. The third-order valence-electron chi connectivity index (χ3n) is 9.19. The molecule has 170 valence electrons. The molecule has 7 atom stereocenters. The monoisotopic (exact) mass is 430 g/mol. The molecular weight excluding hydrogens is 396 g/mol. The third-order valence-corrected chi connectivity index (χ3v) is 9.19. The summed E-state index contributed by atoms with van der Waals surface area (Å²) in [5.74, 6) is -0.248. The number of aliphatic carboxylic acids is 1. The van der Waals surface area contributed by atoms with E-state index in [2.05, 4.69) is 13.8 Å². The number of Topliss-reactive ketones (excluding diaryl/α,β-unsaturated/α-hetero) is 1. The van der Waals surface area contributed by atoms with Crippen LogP contribution in [0, 0.1) is 34.5 Å². The highest BCUT2D eigenvalue weighted by Gasteiger charge is 2.63. The molecule has 0 aliphatic heterocycles. The molecule has 0 amide bonds. The van der Waals surface area contributed by atoms with Gasteiger partial charge >= 0.3 is 11.9 Å². The van der Waals surface area contributed by atoms with Crippen molar-refractivity contribution in [1.29, 1.82) is 0 Å². The summed E-state index contributed by atoms with van der Waals surface area (Å²) in [5, 5.41) is 8.95. The van der Waals surface area contributed by atoms with Crippen LogP contribution in [0.5, 0.6) is 0 Å². The number of carboxylic acids is 1. The lowest BCUT2D eigenvalue weighted by Gasteiger charge is -2.60. The molecule has 0 aromatic heterocycles. The molecule has 6 nitrogen and oxygen atoms in total. The molecule has 0 saturated heterocycles. The summed E-state index contributed by atoms with van der Waals surface area (Å²) in [5.41, 5.74) is 0.790. The van der Waals surface area contributed by atoms with Crippen molar-refractivity contribution < 1.29 is 29.0 Å². The smallest absolute Gasteiger partial charge is 0.306 e. The van der Waals surface area contributed by atoms with Crippen LogP contribution in [0.25, 0.3) is 0 Å². The lowest BCUT2D eigenvalue weighted by molar-refractivity contribution is -0.178. The molecule has 0 spiro atoms. The predicted octanol–water partition coefficient (Wildman–Crippen LogP) is 4.11. The molecule has 0 radical (unpaired) electrons. The molecule has 4 aliphatic rings. The number of carbonyl (C=O) groups is 4. The van der Waals surface area contributed by atoms with Crippen molar-refractivity contribution in [3.8, 4) is 0 Å². The van der Waals surface area contributed by atoms with E-state index in [4.69, 9.17) is 9.84 Å². The van der Waals surface area contributed by atoms with Gasteiger partial charge in [-0.15, -0.1) is 0 Å². The Morgan fingerprint density at radius 1 is 1.13 bits per heavy atom. The van der Waals surface area contributed by atoms with Crippen LogP contribution in [0.2, 0.25) is 0 Å².